The lowest BCUT2D eigenvalue weighted by Crippen LogP contribution is -3.12. The molecule has 2 N–H and O–H groups in total. The lowest BCUT2D eigenvalue weighted by molar-refractivity contribution is -0.913. The van der Waals surface area contributed by atoms with E-state index in [0.717, 1.165) is 25.2 Å². The quantitative estimate of drug-likeness (QED) is 0.794. The van der Waals surface area contributed by atoms with Crippen LogP contribution in [0.5, 0.6) is 0 Å². The number of quaternary nitrogens is 1. The minimum atomic E-state index is -1.51. The van der Waals surface area contributed by atoms with Gasteiger partial charge in [0, 0.05) is 17.4 Å². The average Bonchev–Trinajstić information content (AvgIpc) is 2.70. The zero-order valence-corrected chi connectivity index (χ0v) is 16.4. The van der Waals surface area contributed by atoms with Gasteiger partial charge in [0.1, 0.15) is 12.5 Å². The standard InChI is InChI=1S/C23H25N5/c1-16(2)10-21-20-13-28(12-17-6-4-3-5-7-17)9-8-18(20)19(11-24)22(27)23(21,14-25)15-26/h3-8,16,19-21,27H,9-10,12-13H2,1-2H3/p+1/t19-,20-,21+/m0/s1. The van der Waals surface area contributed by atoms with Gasteiger partial charge in [-0.15, -0.1) is 0 Å². The molecule has 1 aromatic rings. The third kappa shape index (κ3) is 3.33. The zero-order chi connectivity index (χ0) is 20.3. The van der Waals surface area contributed by atoms with Crippen molar-refractivity contribution in [3.63, 3.8) is 0 Å². The molecule has 0 saturated heterocycles. The molecule has 1 aliphatic heterocycles. The first-order valence-electron chi connectivity index (χ1n) is 9.85. The maximum atomic E-state index is 9.95. The van der Waals surface area contributed by atoms with E-state index in [1.54, 1.807) is 0 Å². The minimum absolute atomic E-state index is 0.0205. The zero-order valence-electron chi connectivity index (χ0n) is 16.4. The van der Waals surface area contributed by atoms with Gasteiger partial charge in [0.05, 0.1) is 37.0 Å². The topological polar surface area (TPSA) is 99.7 Å². The van der Waals surface area contributed by atoms with E-state index in [9.17, 15) is 15.8 Å². The van der Waals surface area contributed by atoms with E-state index in [2.05, 4.69) is 50.3 Å². The van der Waals surface area contributed by atoms with Gasteiger partial charge in [-0.05, 0) is 24.0 Å². The highest BCUT2D eigenvalue weighted by Gasteiger charge is 2.57. The molecule has 1 aliphatic carbocycles. The highest BCUT2D eigenvalue weighted by Crippen LogP contribution is 2.49. The fraction of sp³-hybridized carbons (Fsp3) is 0.478. The van der Waals surface area contributed by atoms with Crippen molar-refractivity contribution in [1.29, 1.82) is 21.2 Å². The Morgan fingerprint density at radius 3 is 2.43 bits per heavy atom. The van der Waals surface area contributed by atoms with Gasteiger partial charge in [0.15, 0.2) is 5.41 Å². The number of hydrogen-bond donors (Lipinski definition) is 2. The Labute approximate surface area is 167 Å². The summed E-state index contributed by atoms with van der Waals surface area (Å²) < 4.78 is 0. The molecule has 1 unspecified atom stereocenters. The maximum Gasteiger partial charge on any atom is 0.185 e. The van der Waals surface area contributed by atoms with Crippen LogP contribution in [-0.4, -0.2) is 18.8 Å². The van der Waals surface area contributed by atoms with E-state index >= 15 is 0 Å². The fourth-order valence-electron chi connectivity index (χ4n) is 4.86. The highest BCUT2D eigenvalue weighted by molar-refractivity contribution is 5.99. The summed E-state index contributed by atoms with van der Waals surface area (Å²) in [5.41, 5.74) is 0.666. The van der Waals surface area contributed by atoms with Gasteiger partial charge in [-0.3, -0.25) is 0 Å². The van der Waals surface area contributed by atoms with E-state index in [-0.39, 0.29) is 17.5 Å². The van der Waals surface area contributed by atoms with Crippen LogP contribution in [0.15, 0.2) is 42.0 Å². The molecule has 0 aromatic heterocycles. The lowest BCUT2D eigenvalue weighted by atomic mass is 9.54. The molecule has 3 rings (SSSR count). The SMILES string of the molecule is CC(C)C[C@@H]1[C@H]2C[NH+](Cc3ccccc3)CC=C2[C@H](C#N)C(=N)C1(C#N)C#N. The molecule has 0 bridgehead atoms. The second-order valence-electron chi connectivity index (χ2n) is 8.37. The molecule has 28 heavy (non-hydrogen) atoms. The summed E-state index contributed by atoms with van der Waals surface area (Å²) in [6.07, 6.45) is 2.79. The van der Waals surface area contributed by atoms with Crippen molar-refractivity contribution in [2.75, 3.05) is 13.1 Å². The number of rotatable bonds is 4. The minimum Gasteiger partial charge on any atom is -0.327 e. The summed E-state index contributed by atoms with van der Waals surface area (Å²) in [5.74, 6) is -0.728. The highest BCUT2D eigenvalue weighted by atomic mass is 15.1. The molecular formula is C23H26N5+. The predicted molar refractivity (Wildman–Crippen MR) is 106 cm³/mol. The molecule has 0 spiro atoms. The molecule has 5 nitrogen and oxygen atoms in total. The number of nitriles is 3. The molecule has 4 atom stereocenters. The molecule has 1 heterocycles. The van der Waals surface area contributed by atoms with E-state index in [4.69, 9.17) is 5.41 Å². The summed E-state index contributed by atoms with van der Waals surface area (Å²) in [7, 11) is 0. The van der Waals surface area contributed by atoms with Crippen molar-refractivity contribution < 1.29 is 4.90 Å². The lowest BCUT2D eigenvalue weighted by Gasteiger charge is -2.46. The molecular weight excluding hydrogens is 346 g/mol. The normalized spacial score (nSPS) is 28.4. The Morgan fingerprint density at radius 2 is 1.86 bits per heavy atom. The molecule has 2 aliphatic rings. The van der Waals surface area contributed by atoms with E-state index in [0.29, 0.717) is 12.3 Å². The van der Waals surface area contributed by atoms with Gasteiger partial charge in [-0.2, -0.15) is 15.8 Å². The number of benzene rings is 1. The van der Waals surface area contributed by atoms with Gasteiger partial charge < -0.3 is 10.3 Å². The monoisotopic (exact) mass is 372 g/mol. The third-order valence-corrected chi connectivity index (χ3v) is 6.16. The number of nitrogens with zero attached hydrogens (tertiary/aromatic N) is 3. The van der Waals surface area contributed by atoms with Gasteiger partial charge in [0.25, 0.3) is 0 Å². The van der Waals surface area contributed by atoms with Crippen LogP contribution in [0.1, 0.15) is 25.8 Å². The largest absolute Gasteiger partial charge is 0.327 e. The van der Waals surface area contributed by atoms with Crippen LogP contribution in [0, 0.1) is 68.5 Å². The molecule has 1 aromatic carbocycles. The van der Waals surface area contributed by atoms with E-state index < -0.39 is 11.3 Å². The summed E-state index contributed by atoms with van der Waals surface area (Å²) in [6, 6.07) is 16.8. The number of fused-ring (bicyclic) bond motifs is 1. The van der Waals surface area contributed by atoms with Crippen LogP contribution in [0.3, 0.4) is 0 Å². The van der Waals surface area contributed by atoms with Crippen LogP contribution in [0.4, 0.5) is 0 Å². The second-order valence-corrected chi connectivity index (χ2v) is 8.37. The Morgan fingerprint density at radius 1 is 1.18 bits per heavy atom. The Bertz CT molecular complexity index is 880. The summed E-state index contributed by atoms with van der Waals surface area (Å²) >= 11 is 0. The Hall–Kier alpha value is -2.94. The fourth-order valence-corrected chi connectivity index (χ4v) is 4.86. The van der Waals surface area contributed by atoms with Crippen molar-refractivity contribution in [3.8, 4) is 18.2 Å². The van der Waals surface area contributed by atoms with E-state index in [1.165, 1.54) is 10.5 Å². The Balaban J connectivity index is 2.00. The van der Waals surface area contributed by atoms with Crippen LogP contribution in [-0.2, 0) is 6.54 Å². The number of hydrogen-bond acceptors (Lipinski definition) is 4. The van der Waals surface area contributed by atoms with Gasteiger partial charge in [0.2, 0.25) is 0 Å². The predicted octanol–water partition coefficient (Wildman–Crippen LogP) is 2.50. The van der Waals surface area contributed by atoms with Crippen LogP contribution < -0.4 is 4.90 Å². The van der Waals surface area contributed by atoms with Crippen molar-refractivity contribution in [2.24, 2.45) is 29.1 Å². The van der Waals surface area contributed by atoms with Crippen LogP contribution in [0.25, 0.3) is 0 Å². The Kier molecular flexibility index (Phi) is 5.64. The van der Waals surface area contributed by atoms with Crippen LogP contribution >= 0.6 is 0 Å². The van der Waals surface area contributed by atoms with Gasteiger partial charge >= 0.3 is 0 Å². The first-order chi connectivity index (χ1) is 13.5. The molecule has 0 radical (unpaired) electrons. The molecule has 5 heteroatoms. The van der Waals surface area contributed by atoms with Crippen molar-refractivity contribution >= 4 is 5.71 Å². The maximum absolute atomic E-state index is 9.95. The first-order valence-corrected chi connectivity index (χ1v) is 9.85. The summed E-state index contributed by atoms with van der Waals surface area (Å²) in [6.45, 7) is 6.62. The molecule has 142 valence electrons. The van der Waals surface area contributed by atoms with Crippen molar-refractivity contribution in [3.05, 3.63) is 47.5 Å². The van der Waals surface area contributed by atoms with Crippen molar-refractivity contribution in [2.45, 2.75) is 26.8 Å². The second kappa shape index (κ2) is 7.97. The average molecular weight is 372 g/mol. The van der Waals surface area contributed by atoms with Crippen molar-refractivity contribution in [1.82, 2.24) is 0 Å². The van der Waals surface area contributed by atoms with E-state index in [1.807, 2.05) is 18.2 Å². The third-order valence-electron chi connectivity index (χ3n) is 6.16. The first kappa shape index (κ1) is 19.8. The number of nitrogens with one attached hydrogen (secondary N) is 2. The van der Waals surface area contributed by atoms with Gasteiger partial charge in [-0.1, -0.05) is 44.2 Å². The van der Waals surface area contributed by atoms with Crippen LogP contribution in [0.2, 0.25) is 0 Å². The summed E-state index contributed by atoms with van der Waals surface area (Å²) in [4.78, 5) is 1.36. The summed E-state index contributed by atoms with van der Waals surface area (Å²) in [5, 5.41) is 38.2. The van der Waals surface area contributed by atoms with Gasteiger partial charge in [-0.25, -0.2) is 0 Å². The molecule has 1 saturated carbocycles. The molecule has 0 amide bonds. The molecule has 1 fully saturated rings. The smallest absolute Gasteiger partial charge is 0.185 e.